The Morgan fingerprint density at radius 2 is 1.85 bits per heavy atom. The van der Waals surface area contributed by atoms with Gasteiger partial charge in [0.05, 0.1) is 6.54 Å². The highest BCUT2D eigenvalue weighted by atomic mass is 16.5. The molecule has 0 fully saturated rings. The number of benzene rings is 2. The Bertz CT molecular complexity index is 1180. The third-order valence-corrected chi connectivity index (χ3v) is 4.13. The van der Waals surface area contributed by atoms with E-state index >= 15 is 0 Å². The summed E-state index contributed by atoms with van der Waals surface area (Å²) in [5.74, 6) is 0.154. The first kappa shape index (κ1) is 16.8. The lowest BCUT2D eigenvalue weighted by Gasteiger charge is -2.09. The molecule has 0 saturated carbocycles. The fraction of sp³-hybridized carbons (Fsp3) is 0.0952. The van der Waals surface area contributed by atoms with Gasteiger partial charge in [-0.1, -0.05) is 36.4 Å². The van der Waals surface area contributed by atoms with Gasteiger partial charge in [0.1, 0.15) is 29.0 Å². The predicted molar refractivity (Wildman–Crippen MR) is 102 cm³/mol. The molecule has 0 aliphatic rings. The molecule has 2 aromatic carbocycles. The van der Waals surface area contributed by atoms with Crippen molar-refractivity contribution in [3.05, 3.63) is 82.8 Å². The van der Waals surface area contributed by atoms with Gasteiger partial charge in [-0.25, -0.2) is 4.79 Å². The van der Waals surface area contributed by atoms with Crippen LogP contribution >= 0.6 is 0 Å². The lowest BCUT2D eigenvalue weighted by molar-refractivity contribution is 0.0943. The average molecular weight is 360 g/mol. The zero-order valence-electron chi connectivity index (χ0n) is 14.3. The molecule has 134 valence electrons. The summed E-state index contributed by atoms with van der Waals surface area (Å²) in [6, 6.07) is 18.1. The van der Waals surface area contributed by atoms with E-state index < -0.39 is 11.5 Å². The summed E-state index contributed by atoms with van der Waals surface area (Å²) in [5.41, 5.74) is 0.526. The first-order chi connectivity index (χ1) is 13.2. The maximum absolute atomic E-state index is 12.3. The summed E-state index contributed by atoms with van der Waals surface area (Å²) in [5, 5.41) is 4.35. The number of carbonyl (C=O) groups is 1. The Hall–Kier alpha value is -3.67. The minimum Gasteiger partial charge on any atom is -0.489 e. The van der Waals surface area contributed by atoms with E-state index in [0.717, 1.165) is 10.9 Å². The number of hydrogen-bond donors (Lipinski definition) is 1. The normalized spacial score (nSPS) is 10.8. The van der Waals surface area contributed by atoms with E-state index in [1.54, 1.807) is 24.4 Å². The zero-order chi connectivity index (χ0) is 18.6. The number of nitrogens with zero attached hydrogens (tertiary/aromatic N) is 1. The predicted octanol–water partition coefficient (Wildman–Crippen LogP) is 3.15. The molecule has 0 aliphatic carbocycles. The number of rotatable bonds is 5. The monoisotopic (exact) mass is 360 g/mol. The number of amides is 1. The summed E-state index contributed by atoms with van der Waals surface area (Å²) >= 11 is 0. The number of aromatic nitrogens is 1. The Morgan fingerprint density at radius 1 is 1.04 bits per heavy atom. The first-order valence-corrected chi connectivity index (χ1v) is 8.50. The molecule has 2 heterocycles. The van der Waals surface area contributed by atoms with Gasteiger partial charge in [-0.05, 0) is 24.3 Å². The van der Waals surface area contributed by atoms with Gasteiger partial charge in [-0.15, -0.1) is 0 Å². The molecular formula is C21H16N2O4. The summed E-state index contributed by atoms with van der Waals surface area (Å²) in [6.07, 6.45) is 1.70. The molecular weight excluding hydrogens is 344 g/mol. The second-order valence-corrected chi connectivity index (χ2v) is 5.92. The van der Waals surface area contributed by atoms with Crippen LogP contribution in [0, 0.1) is 0 Å². The Kier molecular flexibility index (Phi) is 4.53. The summed E-state index contributed by atoms with van der Waals surface area (Å²) in [4.78, 5) is 28.6. The third kappa shape index (κ3) is 3.50. The second kappa shape index (κ2) is 7.29. The van der Waals surface area contributed by atoms with Crippen molar-refractivity contribution in [2.75, 3.05) is 13.2 Å². The van der Waals surface area contributed by atoms with E-state index in [1.165, 1.54) is 6.07 Å². The zero-order valence-corrected chi connectivity index (χ0v) is 14.3. The van der Waals surface area contributed by atoms with E-state index in [-0.39, 0.29) is 18.7 Å². The van der Waals surface area contributed by atoms with Crippen LogP contribution in [0.15, 0.2) is 76.1 Å². The highest BCUT2D eigenvalue weighted by Gasteiger charge is 2.13. The smallest absolute Gasteiger partial charge is 0.349 e. The molecule has 0 spiro atoms. The number of carbonyl (C=O) groups excluding carboxylic acids is 1. The fourth-order valence-electron chi connectivity index (χ4n) is 2.83. The van der Waals surface area contributed by atoms with Crippen molar-refractivity contribution in [3.8, 4) is 5.75 Å². The van der Waals surface area contributed by atoms with Crippen LogP contribution in [0.25, 0.3) is 21.9 Å². The van der Waals surface area contributed by atoms with E-state index in [2.05, 4.69) is 10.3 Å². The lowest BCUT2D eigenvalue weighted by Crippen LogP contribution is -2.31. The van der Waals surface area contributed by atoms with Gasteiger partial charge in [0.15, 0.2) is 0 Å². The number of pyridine rings is 1. The van der Waals surface area contributed by atoms with Crippen LogP contribution in [-0.2, 0) is 0 Å². The van der Waals surface area contributed by atoms with Crippen LogP contribution in [0.3, 0.4) is 0 Å². The van der Waals surface area contributed by atoms with E-state index in [4.69, 9.17) is 9.15 Å². The van der Waals surface area contributed by atoms with Crippen LogP contribution < -0.4 is 15.7 Å². The number of para-hydroxylation sites is 2. The van der Waals surface area contributed by atoms with Crippen molar-refractivity contribution < 1.29 is 13.9 Å². The maximum Gasteiger partial charge on any atom is 0.349 e. The molecule has 6 heteroatoms. The Balaban J connectivity index is 1.41. The summed E-state index contributed by atoms with van der Waals surface area (Å²) < 4.78 is 10.9. The molecule has 1 N–H and O–H groups in total. The number of nitrogens with one attached hydrogen (secondary N) is 1. The molecule has 0 atom stereocenters. The molecule has 0 bridgehead atoms. The molecule has 0 unspecified atom stereocenters. The maximum atomic E-state index is 12.3. The SMILES string of the molecule is O=C(NCCOc1cccc2cccnc12)c1cc2ccccc2oc1=O. The van der Waals surface area contributed by atoms with Crippen LogP contribution in [-0.4, -0.2) is 24.0 Å². The Labute approximate surface area is 154 Å². The van der Waals surface area contributed by atoms with Crippen LogP contribution in [0.4, 0.5) is 0 Å². The minimum atomic E-state index is -0.662. The molecule has 4 rings (SSSR count). The molecule has 0 radical (unpaired) electrons. The molecule has 0 saturated heterocycles. The number of ether oxygens (including phenoxy) is 1. The second-order valence-electron chi connectivity index (χ2n) is 5.92. The highest BCUT2D eigenvalue weighted by molar-refractivity contribution is 5.96. The molecule has 1 amide bonds. The van der Waals surface area contributed by atoms with Crippen molar-refractivity contribution in [2.45, 2.75) is 0 Å². The van der Waals surface area contributed by atoms with Gasteiger partial charge >= 0.3 is 5.63 Å². The van der Waals surface area contributed by atoms with Crippen molar-refractivity contribution >= 4 is 27.8 Å². The average Bonchev–Trinajstić information content (AvgIpc) is 2.70. The number of fused-ring (bicyclic) bond motifs is 2. The summed E-state index contributed by atoms with van der Waals surface area (Å²) in [6.45, 7) is 0.495. The van der Waals surface area contributed by atoms with Crippen molar-refractivity contribution in [2.24, 2.45) is 0 Å². The molecule has 2 aromatic heterocycles. The van der Waals surface area contributed by atoms with Crippen LogP contribution in [0.2, 0.25) is 0 Å². The largest absolute Gasteiger partial charge is 0.489 e. The van der Waals surface area contributed by atoms with Gasteiger partial charge in [-0.2, -0.15) is 0 Å². The lowest BCUT2D eigenvalue weighted by atomic mass is 10.2. The molecule has 0 aliphatic heterocycles. The van der Waals surface area contributed by atoms with Gasteiger partial charge in [-0.3, -0.25) is 9.78 Å². The topological polar surface area (TPSA) is 81.4 Å². The minimum absolute atomic E-state index is 0.0273. The quantitative estimate of drug-likeness (QED) is 0.437. The molecule has 6 nitrogen and oxygen atoms in total. The highest BCUT2D eigenvalue weighted by Crippen LogP contribution is 2.22. The van der Waals surface area contributed by atoms with Gasteiger partial charge in [0.2, 0.25) is 0 Å². The van der Waals surface area contributed by atoms with E-state index in [9.17, 15) is 9.59 Å². The standard InChI is InChI=1S/C21H16N2O4/c24-20(16-13-15-5-1-2-8-17(15)27-21(16)25)23-11-12-26-18-9-3-6-14-7-4-10-22-19(14)18/h1-10,13H,11-12H2,(H,23,24). The fourth-order valence-corrected chi connectivity index (χ4v) is 2.83. The van der Waals surface area contributed by atoms with Gasteiger partial charge in [0, 0.05) is 17.0 Å². The van der Waals surface area contributed by atoms with Gasteiger partial charge in [0.25, 0.3) is 5.91 Å². The van der Waals surface area contributed by atoms with E-state index in [0.29, 0.717) is 16.7 Å². The van der Waals surface area contributed by atoms with Gasteiger partial charge < -0.3 is 14.5 Å². The third-order valence-electron chi connectivity index (χ3n) is 4.13. The van der Waals surface area contributed by atoms with Crippen molar-refractivity contribution in [1.29, 1.82) is 0 Å². The molecule has 27 heavy (non-hydrogen) atoms. The van der Waals surface area contributed by atoms with Crippen LogP contribution in [0.1, 0.15) is 10.4 Å². The van der Waals surface area contributed by atoms with Crippen LogP contribution in [0.5, 0.6) is 5.75 Å². The number of hydrogen-bond acceptors (Lipinski definition) is 5. The first-order valence-electron chi connectivity index (χ1n) is 8.50. The Morgan fingerprint density at radius 3 is 2.78 bits per heavy atom. The van der Waals surface area contributed by atoms with E-state index in [1.807, 2.05) is 36.4 Å². The van der Waals surface area contributed by atoms with Crippen molar-refractivity contribution in [3.63, 3.8) is 0 Å². The molecule has 4 aromatic rings. The van der Waals surface area contributed by atoms with Crippen molar-refractivity contribution in [1.82, 2.24) is 10.3 Å². The summed E-state index contributed by atoms with van der Waals surface area (Å²) in [7, 11) is 0.